The van der Waals surface area contributed by atoms with Crippen LogP contribution < -0.4 is 0 Å². The smallest absolute Gasteiger partial charge is 0.460 e. The molecule has 0 radical (unpaired) electrons. The number of esters is 4. The molecule has 0 bridgehead atoms. The minimum atomic E-state index is -4.53. The lowest BCUT2D eigenvalue weighted by molar-refractivity contribution is 0.0353. The second-order valence-electron chi connectivity index (χ2n) is 7.28. The zero-order valence-corrected chi connectivity index (χ0v) is 21.4. The van der Waals surface area contributed by atoms with Crippen LogP contribution in [-0.2, 0) is 32.6 Å². The number of hydrogen-bond acceptors (Lipinski definition) is 13. The van der Waals surface area contributed by atoms with Gasteiger partial charge in [0.1, 0.15) is 26.4 Å². The first-order valence-electron chi connectivity index (χ1n) is 11.4. The lowest BCUT2D eigenvalue weighted by Crippen LogP contribution is -2.13. The first-order chi connectivity index (χ1) is 18.7. The second-order valence-corrected chi connectivity index (χ2v) is 8.73. The minimum Gasteiger partial charge on any atom is -0.460 e. The molecule has 0 saturated carbocycles. The highest BCUT2D eigenvalue weighted by Gasteiger charge is 2.21. The van der Waals surface area contributed by atoms with E-state index in [2.05, 4.69) is 9.05 Å². The van der Waals surface area contributed by atoms with Crippen molar-refractivity contribution >= 4 is 31.7 Å². The zero-order chi connectivity index (χ0) is 28.7. The fourth-order valence-corrected chi connectivity index (χ4v) is 3.39. The normalized spacial score (nSPS) is 10.9. The van der Waals surface area contributed by atoms with Crippen molar-refractivity contribution in [2.75, 3.05) is 52.9 Å². The van der Waals surface area contributed by atoms with Crippen molar-refractivity contribution in [1.29, 1.82) is 0 Å². The number of phosphoric ester groups is 1. The van der Waals surface area contributed by atoms with Crippen molar-refractivity contribution in [3.63, 3.8) is 0 Å². The molecule has 3 N–H and O–H groups in total. The average molecular weight is 570 g/mol. The molecule has 0 fully saturated rings. The highest BCUT2D eigenvalue weighted by atomic mass is 31.2. The average Bonchev–Trinajstić information content (AvgIpc) is 2.94. The summed E-state index contributed by atoms with van der Waals surface area (Å²) in [6.07, 6.45) is 0. The van der Waals surface area contributed by atoms with E-state index in [1.807, 2.05) is 0 Å². The molecule has 0 unspecified atom stereocenters. The number of carbonyl (C=O) groups is 4. The summed E-state index contributed by atoms with van der Waals surface area (Å²) in [5.41, 5.74) is 0.551. The Balaban J connectivity index is 1.65. The van der Waals surface area contributed by atoms with E-state index in [1.54, 1.807) is 0 Å². The minimum absolute atomic E-state index is 0.107. The Labute approximate surface area is 222 Å². The van der Waals surface area contributed by atoms with Gasteiger partial charge >= 0.3 is 31.7 Å². The Morgan fingerprint density at radius 3 is 1.03 bits per heavy atom. The predicted octanol–water partition coefficient (Wildman–Crippen LogP) is 1.13. The van der Waals surface area contributed by atoms with Crippen LogP contribution in [0.25, 0.3) is 0 Å². The lowest BCUT2D eigenvalue weighted by Gasteiger charge is -2.12. The maximum absolute atomic E-state index is 12.0. The maximum Gasteiger partial charge on any atom is 0.472 e. The first-order valence-corrected chi connectivity index (χ1v) is 12.9. The van der Waals surface area contributed by atoms with Gasteiger partial charge in [-0.05, 0) is 48.5 Å². The van der Waals surface area contributed by atoms with Gasteiger partial charge in [0.15, 0.2) is 0 Å². The number of aliphatic hydroxyl groups is 2. The number of carbonyl (C=O) groups excluding carboxylic acids is 4. The summed E-state index contributed by atoms with van der Waals surface area (Å²) in [5.74, 6) is -2.88. The van der Waals surface area contributed by atoms with Gasteiger partial charge in [-0.2, -0.15) is 0 Å². The van der Waals surface area contributed by atoms with Gasteiger partial charge in [-0.3, -0.25) is 9.05 Å². The molecule has 2 aromatic carbocycles. The molecular weight excluding hydrogens is 543 g/mol. The van der Waals surface area contributed by atoms with Crippen molar-refractivity contribution in [1.82, 2.24) is 0 Å². The van der Waals surface area contributed by atoms with Gasteiger partial charge in [0.25, 0.3) is 0 Å². The molecule has 0 saturated heterocycles. The van der Waals surface area contributed by atoms with E-state index in [9.17, 15) is 28.6 Å². The maximum atomic E-state index is 12.0. The van der Waals surface area contributed by atoms with Crippen molar-refractivity contribution in [2.24, 2.45) is 0 Å². The molecule has 0 atom stereocenters. The summed E-state index contributed by atoms with van der Waals surface area (Å²) >= 11 is 0. The molecule has 0 aliphatic heterocycles. The van der Waals surface area contributed by atoms with E-state index in [-0.39, 0.29) is 61.9 Å². The van der Waals surface area contributed by atoms with Crippen molar-refractivity contribution in [2.45, 2.75) is 0 Å². The molecule has 0 amide bonds. The third-order valence-electron chi connectivity index (χ3n) is 4.50. The topological polar surface area (TPSA) is 201 Å². The largest absolute Gasteiger partial charge is 0.472 e. The summed E-state index contributed by atoms with van der Waals surface area (Å²) in [6, 6.07) is 10.6. The molecule has 39 heavy (non-hydrogen) atoms. The van der Waals surface area contributed by atoms with E-state index in [0.717, 1.165) is 0 Å². The lowest BCUT2D eigenvalue weighted by atomic mass is 10.1. The van der Waals surface area contributed by atoms with Crippen LogP contribution >= 0.6 is 7.82 Å². The van der Waals surface area contributed by atoms with Crippen LogP contribution in [0.2, 0.25) is 0 Å². The molecule has 212 valence electrons. The van der Waals surface area contributed by atoms with E-state index < -0.39 is 44.9 Å². The molecule has 0 aromatic heterocycles. The number of phosphoric acid groups is 1. The highest BCUT2D eigenvalue weighted by molar-refractivity contribution is 7.47. The van der Waals surface area contributed by atoms with E-state index in [1.165, 1.54) is 48.5 Å². The number of ether oxygens (including phenoxy) is 4. The van der Waals surface area contributed by atoms with Gasteiger partial charge in [-0.15, -0.1) is 0 Å². The van der Waals surface area contributed by atoms with Crippen LogP contribution in [0.5, 0.6) is 0 Å². The van der Waals surface area contributed by atoms with E-state index in [0.29, 0.717) is 0 Å². The molecular formula is C24H27O14P. The van der Waals surface area contributed by atoms with E-state index >= 15 is 0 Å². The standard InChI is InChI=1S/C24H27O14P/c25-9-11-33-21(27)17-1-5-19(6-2-17)23(29)35-13-15-37-39(31,32)38-16-14-36-24(30)20-7-3-18(4-8-20)22(28)34-12-10-26/h1-8,25-26H,9-16H2,(H,31,32). The van der Waals surface area contributed by atoms with Crippen LogP contribution in [0.1, 0.15) is 41.4 Å². The van der Waals surface area contributed by atoms with E-state index in [4.69, 9.17) is 29.2 Å². The predicted molar refractivity (Wildman–Crippen MR) is 130 cm³/mol. The SMILES string of the molecule is O=C(OCCO)c1ccc(C(=O)OCCOP(=O)(O)OCCOC(=O)c2ccc(C(=O)OCCO)cc2)cc1. The number of benzene rings is 2. The molecule has 0 aliphatic rings. The number of rotatable bonds is 16. The van der Waals surface area contributed by atoms with Crippen molar-refractivity contribution in [3.05, 3.63) is 70.8 Å². The monoisotopic (exact) mass is 570 g/mol. The molecule has 0 aliphatic carbocycles. The Bertz CT molecular complexity index is 1060. The molecule has 2 aromatic rings. The number of aliphatic hydroxyl groups excluding tert-OH is 2. The Kier molecular flexibility index (Phi) is 13.2. The third-order valence-corrected chi connectivity index (χ3v) is 5.52. The van der Waals surface area contributed by atoms with Gasteiger partial charge < -0.3 is 34.1 Å². The van der Waals surface area contributed by atoms with Gasteiger partial charge in [0, 0.05) is 0 Å². The van der Waals surface area contributed by atoms with Crippen LogP contribution in [0.4, 0.5) is 0 Å². The van der Waals surface area contributed by atoms with Gasteiger partial charge in [-0.1, -0.05) is 0 Å². The summed E-state index contributed by atoms with van der Waals surface area (Å²) in [6.45, 7) is -2.67. The van der Waals surface area contributed by atoms with Crippen LogP contribution in [0.15, 0.2) is 48.5 Å². The van der Waals surface area contributed by atoms with Gasteiger partial charge in [0.2, 0.25) is 0 Å². The zero-order valence-electron chi connectivity index (χ0n) is 20.6. The Hall–Kier alpha value is -3.65. The summed E-state index contributed by atoms with van der Waals surface area (Å²) in [7, 11) is -4.53. The summed E-state index contributed by atoms with van der Waals surface area (Å²) in [5, 5.41) is 17.3. The molecule has 0 spiro atoms. The first kappa shape index (κ1) is 31.6. The van der Waals surface area contributed by atoms with Crippen LogP contribution in [0.3, 0.4) is 0 Å². The fourth-order valence-electron chi connectivity index (χ4n) is 2.71. The highest BCUT2D eigenvalue weighted by Crippen LogP contribution is 2.42. The summed E-state index contributed by atoms with van der Waals surface area (Å²) < 4.78 is 40.6. The van der Waals surface area contributed by atoms with Crippen molar-refractivity contribution < 1.29 is 66.8 Å². The molecule has 14 nitrogen and oxygen atoms in total. The Morgan fingerprint density at radius 1 is 0.513 bits per heavy atom. The Morgan fingerprint density at radius 2 is 0.769 bits per heavy atom. The fraction of sp³-hybridized carbons (Fsp3) is 0.333. The van der Waals surface area contributed by atoms with Crippen LogP contribution in [0, 0.1) is 0 Å². The summed E-state index contributed by atoms with van der Waals surface area (Å²) in [4.78, 5) is 57.1. The van der Waals surface area contributed by atoms with Crippen LogP contribution in [-0.4, -0.2) is 91.8 Å². The van der Waals surface area contributed by atoms with Gasteiger partial charge in [0.05, 0.1) is 48.7 Å². The molecule has 0 heterocycles. The quantitative estimate of drug-likeness (QED) is 0.112. The number of hydrogen-bond donors (Lipinski definition) is 3. The second kappa shape index (κ2) is 16.3. The van der Waals surface area contributed by atoms with Crippen molar-refractivity contribution in [3.8, 4) is 0 Å². The molecule has 2 rings (SSSR count). The molecule has 15 heteroatoms. The van der Waals surface area contributed by atoms with Gasteiger partial charge in [-0.25, -0.2) is 23.7 Å². The third kappa shape index (κ3) is 11.3.